The molecular weight excluding hydrogens is 360 g/mol. The summed E-state index contributed by atoms with van der Waals surface area (Å²) >= 11 is 1.72. The second-order valence-corrected chi connectivity index (χ2v) is 8.69. The second-order valence-electron chi connectivity index (χ2n) is 7.23. The van der Waals surface area contributed by atoms with Gasteiger partial charge in [-0.15, -0.1) is 11.3 Å². The van der Waals surface area contributed by atoms with Gasteiger partial charge in [0.15, 0.2) is 0 Å². The van der Waals surface area contributed by atoms with Gasteiger partial charge in [0, 0.05) is 21.9 Å². The molecule has 1 atom stereocenters. The average molecular weight is 385 g/mol. The van der Waals surface area contributed by atoms with Crippen molar-refractivity contribution in [1.29, 1.82) is 0 Å². The number of carbonyl (C=O) groups excluding carboxylic acids is 1. The third-order valence-electron chi connectivity index (χ3n) is 5.18. The fourth-order valence-electron chi connectivity index (χ4n) is 3.74. The summed E-state index contributed by atoms with van der Waals surface area (Å²) in [4.78, 5) is 19.9. The van der Waals surface area contributed by atoms with Crippen LogP contribution in [0.2, 0.25) is 0 Å². The molecule has 3 aromatic rings. The zero-order chi connectivity index (χ0) is 19.0. The van der Waals surface area contributed by atoms with Crippen molar-refractivity contribution in [1.82, 2.24) is 20.8 Å². The standard InChI is InChI=1S/C20H24N4O2S/c1-11-8-15(13(3)27-11)17-9-16(18-12(2)24-26-20(18)23-17)19(25)22-7-5-14-4-6-21-10-14/h8-9,14,21H,4-7,10H2,1-3H3,(H,22,25). The molecular formula is C20H24N4O2S. The van der Waals surface area contributed by atoms with E-state index in [2.05, 4.69) is 40.7 Å². The molecule has 0 aliphatic carbocycles. The number of hydrogen-bond acceptors (Lipinski definition) is 6. The summed E-state index contributed by atoms with van der Waals surface area (Å²) in [5.41, 5.74) is 3.48. The Morgan fingerprint density at radius 1 is 1.37 bits per heavy atom. The first kappa shape index (κ1) is 18.1. The van der Waals surface area contributed by atoms with Crippen LogP contribution < -0.4 is 10.6 Å². The van der Waals surface area contributed by atoms with E-state index in [1.165, 1.54) is 16.2 Å². The normalized spacial score (nSPS) is 16.9. The number of pyridine rings is 1. The molecule has 6 nitrogen and oxygen atoms in total. The van der Waals surface area contributed by atoms with Crippen LogP contribution in [0.4, 0.5) is 0 Å². The smallest absolute Gasteiger partial charge is 0.259 e. The first-order valence-corrected chi connectivity index (χ1v) is 10.2. The van der Waals surface area contributed by atoms with Gasteiger partial charge < -0.3 is 15.2 Å². The Bertz CT molecular complexity index is 985. The highest BCUT2D eigenvalue weighted by atomic mass is 32.1. The highest BCUT2D eigenvalue weighted by Crippen LogP contribution is 2.32. The first-order valence-electron chi connectivity index (χ1n) is 9.36. The molecule has 7 heteroatoms. The van der Waals surface area contributed by atoms with E-state index in [9.17, 15) is 4.79 Å². The summed E-state index contributed by atoms with van der Waals surface area (Å²) in [5, 5.41) is 11.2. The number of carbonyl (C=O) groups is 1. The van der Waals surface area contributed by atoms with Crippen LogP contribution in [-0.2, 0) is 0 Å². The SMILES string of the molecule is Cc1cc(-c2cc(C(=O)NCCC3CCNC3)c3c(C)noc3n2)c(C)s1. The van der Waals surface area contributed by atoms with Crippen molar-refractivity contribution >= 4 is 28.3 Å². The summed E-state index contributed by atoms with van der Waals surface area (Å²) in [6.07, 6.45) is 2.17. The van der Waals surface area contributed by atoms with Crippen molar-refractivity contribution < 1.29 is 9.32 Å². The van der Waals surface area contributed by atoms with E-state index in [1.54, 1.807) is 11.3 Å². The zero-order valence-corrected chi connectivity index (χ0v) is 16.7. The van der Waals surface area contributed by atoms with Gasteiger partial charge in [0.2, 0.25) is 0 Å². The van der Waals surface area contributed by atoms with Crippen molar-refractivity contribution in [3.63, 3.8) is 0 Å². The molecule has 1 unspecified atom stereocenters. The summed E-state index contributed by atoms with van der Waals surface area (Å²) in [5.74, 6) is 0.553. The van der Waals surface area contributed by atoms with Crippen molar-refractivity contribution in [3.8, 4) is 11.3 Å². The molecule has 1 fully saturated rings. The second kappa shape index (κ2) is 7.40. The lowest BCUT2D eigenvalue weighted by Gasteiger charge is -2.11. The monoisotopic (exact) mass is 384 g/mol. The number of aromatic nitrogens is 2. The van der Waals surface area contributed by atoms with E-state index in [0.29, 0.717) is 34.8 Å². The minimum atomic E-state index is -0.0921. The Morgan fingerprint density at radius 2 is 2.22 bits per heavy atom. The molecule has 4 heterocycles. The number of rotatable bonds is 5. The lowest BCUT2D eigenvalue weighted by atomic mass is 10.0. The predicted octanol–water partition coefficient (Wildman–Crippen LogP) is 3.61. The molecule has 2 N–H and O–H groups in total. The number of thiophene rings is 1. The van der Waals surface area contributed by atoms with Crippen molar-refractivity contribution in [2.45, 2.75) is 33.6 Å². The molecule has 0 radical (unpaired) electrons. The molecule has 0 saturated carbocycles. The molecule has 0 aromatic carbocycles. The van der Waals surface area contributed by atoms with E-state index in [0.717, 1.165) is 30.8 Å². The van der Waals surface area contributed by atoms with Crippen molar-refractivity contribution in [2.24, 2.45) is 5.92 Å². The van der Waals surface area contributed by atoms with Gasteiger partial charge in [-0.2, -0.15) is 0 Å². The Hall–Kier alpha value is -2.25. The number of nitrogens with one attached hydrogen (secondary N) is 2. The van der Waals surface area contributed by atoms with Gasteiger partial charge in [-0.25, -0.2) is 4.98 Å². The largest absolute Gasteiger partial charge is 0.352 e. The van der Waals surface area contributed by atoms with Crippen LogP contribution in [0.5, 0.6) is 0 Å². The maximum atomic E-state index is 12.9. The first-order chi connectivity index (χ1) is 13.0. The molecule has 1 amide bonds. The molecule has 0 spiro atoms. The Labute approximate surface area is 162 Å². The number of nitrogens with zero attached hydrogens (tertiary/aromatic N) is 2. The number of aryl methyl sites for hydroxylation is 3. The van der Waals surface area contributed by atoms with Gasteiger partial charge in [-0.1, -0.05) is 5.16 Å². The lowest BCUT2D eigenvalue weighted by Crippen LogP contribution is -2.26. The topological polar surface area (TPSA) is 80.0 Å². The molecule has 1 aliphatic rings. The average Bonchev–Trinajstić information content (AvgIpc) is 3.36. The van der Waals surface area contributed by atoms with Crippen LogP contribution in [0.15, 0.2) is 16.7 Å². The van der Waals surface area contributed by atoms with Gasteiger partial charge in [0.25, 0.3) is 11.6 Å². The van der Waals surface area contributed by atoms with E-state index in [-0.39, 0.29) is 5.91 Å². The van der Waals surface area contributed by atoms with Gasteiger partial charge in [0.05, 0.1) is 22.3 Å². The summed E-state index contributed by atoms with van der Waals surface area (Å²) in [6.45, 7) is 8.77. The van der Waals surface area contributed by atoms with E-state index in [4.69, 9.17) is 4.52 Å². The fraction of sp³-hybridized carbons (Fsp3) is 0.450. The van der Waals surface area contributed by atoms with Crippen LogP contribution in [-0.4, -0.2) is 35.7 Å². The van der Waals surface area contributed by atoms with Crippen LogP contribution in [0.3, 0.4) is 0 Å². The third-order valence-corrected chi connectivity index (χ3v) is 6.15. The number of amides is 1. The van der Waals surface area contributed by atoms with Crippen molar-refractivity contribution in [3.05, 3.63) is 33.1 Å². The summed E-state index contributed by atoms with van der Waals surface area (Å²) in [7, 11) is 0. The van der Waals surface area contributed by atoms with Gasteiger partial charge in [0.1, 0.15) is 0 Å². The van der Waals surface area contributed by atoms with Crippen molar-refractivity contribution in [2.75, 3.05) is 19.6 Å². The van der Waals surface area contributed by atoms with Gasteiger partial charge in [-0.3, -0.25) is 4.79 Å². The highest BCUT2D eigenvalue weighted by molar-refractivity contribution is 7.12. The minimum absolute atomic E-state index is 0.0921. The fourth-order valence-corrected chi connectivity index (χ4v) is 4.68. The zero-order valence-electron chi connectivity index (χ0n) is 15.9. The number of fused-ring (bicyclic) bond motifs is 1. The van der Waals surface area contributed by atoms with E-state index < -0.39 is 0 Å². The quantitative estimate of drug-likeness (QED) is 0.702. The lowest BCUT2D eigenvalue weighted by molar-refractivity contribution is 0.0953. The summed E-state index contributed by atoms with van der Waals surface area (Å²) < 4.78 is 5.39. The van der Waals surface area contributed by atoms with E-state index in [1.807, 2.05) is 13.0 Å². The number of hydrogen-bond donors (Lipinski definition) is 2. The summed E-state index contributed by atoms with van der Waals surface area (Å²) in [6, 6.07) is 3.97. The van der Waals surface area contributed by atoms with Gasteiger partial charge >= 0.3 is 0 Å². The van der Waals surface area contributed by atoms with Gasteiger partial charge in [-0.05, 0) is 64.8 Å². The molecule has 4 rings (SSSR count). The molecule has 1 saturated heterocycles. The maximum absolute atomic E-state index is 12.9. The minimum Gasteiger partial charge on any atom is -0.352 e. The molecule has 3 aromatic heterocycles. The Kier molecular flexibility index (Phi) is 4.97. The van der Waals surface area contributed by atoms with Crippen LogP contribution in [0, 0.1) is 26.7 Å². The Balaban J connectivity index is 1.64. The molecule has 27 heavy (non-hydrogen) atoms. The molecule has 0 bridgehead atoms. The van der Waals surface area contributed by atoms with E-state index >= 15 is 0 Å². The molecule has 142 valence electrons. The highest BCUT2D eigenvalue weighted by Gasteiger charge is 2.21. The Morgan fingerprint density at radius 3 is 2.93 bits per heavy atom. The maximum Gasteiger partial charge on any atom is 0.259 e. The van der Waals surface area contributed by atoms with Crippen LogP contribution >= 0.6 is 11.3 Å². The molecule has 1 aliphatic heterocycles. The predicted molar refractivity (Wildman–Crippen MR) is 107 cm³/mol. The van der Waals surface area contributed by atoms with Crippen LogP contribution in [0.1, 0.15) is 38.6 Å². The van der Waals surface area contributed by atoms with Crippen LogP contribution in [0.25, 0.3) is 22.4 Å². The third kappa shape index (κ3) is 3.61.